The number of rotatable bonds is 3. The number of fused-ring (bicyclic) bond motifs is 1. The molecule has 31 heavy (non-hydrogen) atoms. The summed E-state index contributed by atoms with van der Waals surface area (Å²) < 4.78 is 6.44. The number of nitrogens with one attached hydrogen (secondary N) is 1. The van der Waals surface area contributed by atoms with Gasteiger partial charge in [-0.15, -0.1) is 0 Å². The Morgan fingerprint density at radius 2 is 1.97 bits per heavy atom. The van der Waals surface area contributed by atoms with Gasteiger partial charge in [-0.25, -0.2) is 0 Å². The molecule has 0 aromatic heterocycles. The normalized spacial score (nSPS) is 29.1. The first kappa shape index (κ1) is 21.7. The quantitative estimate of drug-likeness (QED) is 0.804. The van der Waals surface area contributed by atoms with Crippen LogP contribution in [0, 0.1) is 5.92 Å². The molecule has 1 saturated carbocycles. The first-order chi connectivity index (χ1) is 14.9. The highest BCUT2D eigenvalue weighted by molar-refractivity contribution is 5.99. The summed E-state index contributed by atoms with van der Waals surface area (Å²) in [6, 6.07) is 7.38. The van der Waals surface area contributed by atoms with Gasteiger partial charge in [0, 0.05) is 32.5 Å². The van der Waals surface area contributed by atoms with E-state index in [1.807, 2.05) is 12.1 Å². The Balaban J connectivity index is 1.56. The molecule has 2 heterocycles. The van der Waals surface area contributed by atoms with Gasteiger partial charge < -0.3 is 19.9 Å². The van der Waals surface area contributed by atoms with Crippen LogP contribution in [0.25, 0.3) is 0 Å². The first-order valence-corrected chi connectivity index (χ1v) is 11.5. The summed E-state index contributed by atoms with van der Waals surface area (Å²) in [7, 11) is 1.80. The molecule has 7 nitrogen and oxygen atoms in total. The van der Waals surface area contributed by atoms with E-state index in [4.69, 9.17) is 4.74 Å². The summed E-state index contributed by atoms with van der Waals surface area (Å²) in [5.41, 5.74) is -0.205. The van der Waals surface area contributed by atoms with Crippen molar-refractivity contribution in [3.8, 4) is 5.75 Å². The van der Waals surface area contributed by atoms with Crippen molar-refractivity contribution in [2.75, 3.05) is 26.7 Å². The van der Waals surface area contributed by atoms with Gasteiger partial charge in [-0.3, -0.25) is 14.4 Å². The van der Waals surface area contributed by atoms with E-state index in [0.29, 0.717) is 49.6 Å². The molecule has 1 N–H and O–H groups in total. The Labute approximate surface area is 184 Å². The predicted molar refractivity (Wildman–Crippen MR) is 117 cm³/mol. The predicted octanol–water partition coefficient (Wildman–Crippen LogP) is 2.60. The number of likely N-dealkylation sites (tertiary alicyclic amines) is 1. The van der Waals surface area contributed by atoms with Crippen LogP contribution in [0.4, 0.5) is 0 Å². The summed E-state index contributed by atoms with van der Waals surface area (Å²) in [4.78, 5) is 41.9. The van der Waals surface area contributed by atoms with E-state index in [1.54, 1.807) is 29.0 Å². The van der Waals surface area contributed by atoms with Crippen molar-refractivity contribution in [3.63, 3.8) is 0 Å². The molecule has 3 atom stereocenters. The average molecular weight is 428 g/mol. The monoisotopic (exact) mass is 427 g/mol. The zero-order valence-corrected chi connectivity index (χ0v) is 18.6. The van der Waals surface area contributed by atoms with Gasteiger partial charge in [0.25, 0.3) is 5.91 Å². The molecule has 0 radical (unpaired) electrons. The number of ether oxygens (including phenoxy) is 1. The van der Waals surface area contributed by atoms with Crippen LogP contribution < -0.4 is 10.1 Å². The standard InChI is InChI=1S/C24H33N3O4/c1-17-7-3-5-9-19(17)25-21(28)15-27-16-24(12-11-22(29)26(2)14-13-24)31-20-10-6-4-8-18(20)23(27)30/h4,6,8,10,17,19H,3,5,7,9,11-16H2,1-2H3,(H,25,28)/t17-,19+,24-/m1/s1. The smallest absolute Gasteiger partial charge is 0.258 e. The maximum absolute atomic E-state index is 13.4. The fraction of sp³-hybridized carbons (Fsp3) is 0.625. The number of nitrogens with zero attached hydrogens (tertiary/aromatic N) is 2. The molecule has 2 aliphatic heterocycles. The number of amides is 3. The number of para-hydroxylation sites is 1. The lowest BCUT2D eigenvalue weighted by Crippen LogP contribution is -2.52. The second-order valence-corrected chi connectivity index (χ2v) is 9.44. The average Bonchev–Trinajstić information content (AvgIpc) is 2.96. The van der Waals surface area contributed by atoms with Gasteiger partial charge in [-0.05, 0) is 37.3 Å². The molecule has 4 rings (SSSR count). The van der Waals surface area contributed by atoms with Crippen LogP contribution in [0.1, 0.15) is 62.2 Å². The molecule has 0 unspecified atom stereocenters. The molecule has 1 aromatic carbocycles. The van der Waals surface area contributed by atoms with Gasteiger partial charge >= 0.3 is 0 Å². The van der Waals surface area contributed by atoms with E-state index >= 15 is 0 Å². The molecule has 168 valence electrons. The van der Waals surface area contributed by atoms with Crippen molar-refractivity contribution in [1.29, 1.82) is 0 Å². The lowest BCUT2D eigenvalue weighted by atomic mass is 9.86. The summed E-state index contributed by atoms with van der Waals surface area (Å²) in [6.07, 6.45) is 5.97. The highest BCUT2D eigenvalue weighted by atomic mass is 16.5. The minimum atomic E-state index is -0.679. The maximum Gasteiger partial charge on any atom is 0.258 e. The number of carbonyl (C=O) groups excluding carboxylic acids is 3. The minimum Gasteiger partial charge on any atom is -0.485 e. The van der Waals surface area contributed by atoms with Crippen LogP contribution in [-0.2, 0) is 9.59 Å². The van der Waals surface area contributed by atoms with Gasteiger partial charge in [0.2, 0.25) is 11.8 Å². The Bertz CT molecular complexity index is 857. The van der Waals surface area contributed by atoms with Gasteiger partial charge in [0.15, 0.2) is 0 Å². The zero-order valence-electron chi connectivity index (χ0n) is 18.6. The van der Waals surface area contributed by atoms with Crippen molar-refractivity contribution in [2.45, 2.75) is 63.5 Å². The summed E-state index contributed by atoms with van der Waals surface area (Å²) in [5, 5.41) is 3.16. The van der Waals surface area contributed by atoms with Crippen LogP contribution in [0.5, 0.6) is 5.75 Å². The van der Waals surface area contributed by atoms with Crippen molar-refractivity contribution < 1.29 is 19.1 Å². The highest BCUT2D eigenvalue weighted by Crippen LogP contribution is 2.35. The third-order valence-electron chi connectivity index (χ3n) is 7.13. The molecule has 1 saturated heterocycles. The third-order valence-corrected chi connectivity index (χ3v) is 7.13. The van der Waals surface area contributed by atoms with E-state index in [1.165, 1.54) is 6.42 Å². The largest absolute Gasteiger partial charge is 0.485 e. The molecular weight excluding hydrogens is 394 g/mol. The highest BCUT2D eigenvalue weighted by Gasteiger charge is 2.43. The van der Waals surface area contributed by atoms with Crippen LogP contribution in [-0.4, -0.2) is 65.8 Å². The number of hydrogen-bond donors (Lipinski definition) is 1. The molecule has 0 bridgehead atoms. The molecule has 7 heteroatoms. The Morgan fingerprint density at radius 1 is 1.19 bits per heavy atom. The van der Waals surface area contributed by atoms with Crippen molar-refractivity contribution >= 4 is 17.7 Å². The van der Waals surface area contributed by atoms with Crippen molar-refractivity contribution in [2.24, 2.45) is 5.92 Å². The van der Waals surface area contributed by atoms with E-state index in [-0.39, 0.29) is 30.3 Å². The zero-order chi connectivity index (χ0) is 22.0. The third kappa shape index (κ3) is 4.70. The summed E-state index contributed by atoms with van der Waals surface area (Å²) >= 11 is 0. The van der Waals surface area contributed by atoms with Gasteiger partial charge in [-0.1, -0.05) is 31.9 Å². The molecule has 1 aromatic rings. The molecule has 3 amide bonds. The Kier molecular flexibility index (Phi) is 6.21. The minimum absolute atomic E-state index is 0.00524. The van der Waals surface area contributed by atoms with E-state index in [0.717, 1.165) is 19.3 Å². The fourth-order valence-electron chi connectivity index (χ4n) is 5.08. The Hall–Kier alpha value is -2.57. The summed E-state index contributed by atoms with van der Waals surface area (Å²) in [5.74, 6) is 0.760. The summed E-state index contributed by atoms with van der Waals surface area (Å²) in [6.45, 7) is 3.05. The van der Waals surface area contributed by atoms with E-state index in [9.17, 15) is 14.4 Å². The maximum atomic E-state index is 13.4. The van der Waals surface area contributed by atoms with Crippen LogP contribution in [0.15, 0.2) is 24.3 Å². The molecule has 1 aliphatic carbocycles. The number of hydrogen-bond acceptors (Lipinski definition) is 4. The van der Waals surface area contributed by atoms with E-state index in [2.05, 4.69) is 12.2 Å². The van der Waals surface area contributed by atoms with E-state index < -0.39 is 5.60 Å². The van der Waals surface area contributed by atoms with Gasteiger partial charge in [-0.2, -0.15) is 0 Å². The first-order valence-electron chi connectivity index (χ1n) is 11.5. The number of carbonyl (C=O) groups is 3. The number of benzene rings is 1. The fourth-order valence-corrected chi connectivity index (χ4v) is 5.08. The SMILES string of the molecule is C[C@@H]1CCCC[C@@H]1NC(=O)CN1C[C@]2(CCC(=O)N(C)CC2)Oc2ccccc2C1=O. The van der Waals surface area contributed by atoms with Gasteiger partial charge in [0.05, 0.1) is 12.1 Å². The van der Waals surface area contributed by atoms with Crippen LogP contribution in [0.3, 0.4) is 0 Å². The van der Waals surface area contributed by atoms with Crippen LogP contribution >= 0.6 is 0 Å². The second kappa shape index (κ2) is 8.89. The molecule has 3 aliphatic rings. The lowest BCUT2D eigenvalue weighted by Gasteiger charge is -2.35. The lowest BCUT2D eigenvalue weighted by molar-refractivity contribution is -0.129. The molecular formula is C24H33N3O4. The molecule has 2 fully saturated rings. The van der Waals surface area contributed by atoms with Crippen molar-refractivity contribution in [3.05, 3.63) is 29.8 Å². The Morgan fingerprint density at radius 3 is 2.77 bits per heavy atom. The van der Waals surface area contributed by atoms with Gasteiger partial charge in [0.1, 0.15) is 17.9 Å². The molecule has 1 spiro atoms. The van der Waals surface area contributed by atoms with Crippen LogP contribution in [0.2, 0.25) is 0 Å². The second-order valence-electron chi connectivity index (χ2n) is 9.44. The topological polar surface area (TPSA) is 79.0 Å². The van der Waals surface area contributed by atoms with Crippen molar-refractivity contribution in [1.82, 2.24) is 15.1 Å².